The van der Waals surface area contributed by atoms with Gasteiger partial charge in [0.05, 0.1) is 12.6 Å². The largest absolute Gasteiger partial charge is 0.493 e. The molecule has 0 radical (unpaired) electrons. The zero-order valence-electron chi connectivity index (χ0n) is 12.2. The van der Waals surface area contributed by atoms with Gasteiger partial charge < -0.3 is 10.1 Å². The van der Waals surface area contributed by atoms with Gasteiger partial charge in [-0.25, -0.2) is 0 Å². The first-order chi connectivity index (χ1) is 9.70. The topological polar surface area (TPSA) is 33.6 Å². The van der Waals surface area contributed by atoms with E-state index in [2.05, 4.69) is 31.3 Å². The van der Waals surface area contributed by atoms with E-state index in [0.29, 0.717) is 0 Å². The quantitative estimate of drug-likeness (QED) is 0.900. The van der Waals surface area contributed by atoms with Gasteiger partial charge in [-0.1, -0.05) is 36.9 Å². The highest BCUT2D eigenvalue weighted by molar-refractivity contribution is 8.13. The van der Waals surface area contributed by atoms with Crippen molar-refractivity contribution in [2.75, 3.05) is 12.4 Å². The second kappa shape index (κ2) is 5.68. The summed E-state index contributed by atoms with van der Waals surface area (Å²) in [5, 5.41) is 4.73. The summed E-state index contributed by atoms with van der Waals surface area (Å²) >= 11 is 1.85. The summed E-state index contributed by atoms with van der Waals surface area (Å²) in [7, 11) is 0. The van der Waals surface area contributed by atoms with Crippen LogP contribution in [0, 0.1) is 0 Å². The molecule has 20 heavy (non-hydrogen) atoms. The molecule has 0 aliphatic carbocycles. The number of ether oxygens (including phenoxy) is 1. The summed E-state index contributed by atoms with van der Waals surface area (Å²) in [5.74, 6) is 2.15. The van der Waals surface area contributed by atoms with Crippen molar-refractivity contribution >= 4 is 16.9 Å². The highest BCUT2D eigenvalue weighted by atomic mass is 32.2. The maximum Gasteiger partial charge on any atom is 0.157 e. The third-order valence-corrected chi connectivity index (χ3v) is 5.17. The minimum atomic E-state index is 0.203. The molecule has 1 saturated heterocycles. The van der Waals surface area contributed by atoms with Gasteiger partial charge in [-0.3, -0.25) is 4.99 Å². The lowest BCUT2D eigenvalue weighted by Gasteiger charge is -2.36. The number of rotatable bonds is 2. The Morgan fingerprint density at radius 3 is 3.15 bits per heavy atom. The van der Waals surface area contributed by atoms with Crippen LogP contribution in [0.4, 0.5) is 0 Å². The van der Waals surface area contributed by atoms with Crippen LogP contribution in [0.3, 0.4) is 0 Å². The second-order valence-corrected chi connectivity index (χ2v) is 6.85. The monoisotopic (exact) mass is 290 g/mol. The second-order valence-electron chi connectivity index (χ2n) is 5.76. The van der Waals surface area contributed by atoms with E-state index in [9.17, 15) is 0 Å². The fraction of sp³-hybridized carbons (Fsp3) is 0.562. The first-order valence-corrected chi connectivity index (χ1v) is 8.39. The molecule has 0 amide bonds. The van der Waals surface area contributed by atoms with Crippen LogP contribution in [0.5, 0.6) is 5.75 Å². The molecule has 0 aromatic heterocycles. The third-order valence-electron chi connectivity index (χ3n) is 4.28. The number of aliphatic imine (C=N–C) groups is 1. The molecule has 2 atom stereocenters. The molecule has 0 spiro atoms. The number of amidine groups is 1. The first kappa shape index (κ1) is 13.8. The van der Waals surface area contributed by atoms with Gasteiger partial charge in [0.2, 0.25) is 0 Å². The summed E-state index contributed by atoms with van der Waals surface area (Å²) in [6.07, 6.45) is 3.31. The molecule has 2 aliphatic rings. The number of nitrogens with zero attached hydrogens (tertiary/aromatic N) is 1. The van der Waals surface area contributed by atoms with E-state index < -0.39 is 0 Å². The molecule has 0 saturated carbocycles. The number of hydrogen-bond donors (Lipinski definition) is 1. The summed E-state index contributed by atoms with van der Waals surface area (Å²) in [5.41, 5.74) is 1.42. The molecule has 1 fully saturated rings. The fourth-order valence-electron chi connectivity index (χ4n) is 2.66. The number of benzene rings is 1. The molecule has 1 aromatic rings. The molecule has 3 rings (SSSR count). The lowest BCUT2D eigenvalue weighted by molar-refractivity contribution is 0.269. The fourth-order valence-corrected chi connectivity index (χ4v) is 3.93. The van der Waals surface area contributed by atoms with Gasteiger partial charge in [0.15, 0.2) is 5.17 Å². The van der Waals surface area contributed by atoms with Crippen LogP contribution in [0.15, 0.2) is 29.3 Å². The van der Waals surface area contributed by atoms with Crippen molar-refractivity contribution in [3.8, 4) is 5.75 Å². The molecular weight excluding hydrogens is 268 g/mol. The van der Waals surface area contributed by atoms with Crippen LogP contribution in [0.1, 0.15) is 44.7 Å². The van der Waals surface area contributed by atoms with Crippen molar-refractivity contribution in [3.63, 3.8) is 0 Å². The molecule has 3 nitrogen and oxygen atoms in total. The highest BCUT2D eigenvalue weighted by Crippen LogP contribution is 2.35. The van der Waals surface area contributed by atoms with E-state index in [-0.39, 0.29) is 11.6 Å². The Kier molecular flexibility index (Phi) is 3.92. The van der Waals surface area contributed by atoms with Crippen LogP contribution >= 0.6 is 11.8 Å². The predicted octanol–water partition coefficient (Wildman–Crippen LogP) is 3.76. The molecule has 108 valence electrons. The lowest BCUT2D eigenvalue weighted by Crippen LogP contribution is -2.48. The van der Waals surface area contributed by atoms with E-state index in [1.54, 1.807) is 0 Å². The van der Waals surface area contributed by atoms with E-state index in [1.165, 1.54) is 12.0 Å². The predicted molar refractivity (Wildman–Crippen MR) is 85.6 cm³/mol. The Balaban J connectivity index is 1.82. The molecule has 0 bridgehead atoms. The van der Waals surface area contributed by atoms with Crippen molar-refractivity contribution in [2.24, 2.45) is 4.99 Å². The molecular formula is C16H22N2OS. The molecule has 2 unspecified atom stereocenters. The summed E-state index contributed by atoms with van der Waals surface area (Å²) in [6.45, 7) is 5.29. The molecule has 2 aliphatic heterocycles. The Morgan fingerprint density at radius 2 is 2.30 bits per heavy atom. The van der Waals surface area contributed by atoms with Crippen molar-refractivity contribution < 1.29 is 4.74 Å². The van der Waals surface area contributed by atoms with E-state index in [0.717, 1.165) is 36.1 Å². The van der Waals surface area contributed by atoms with Crippen molar-refractivity contribution in [1.29, 1.82) is 0 Å². The zero-order chi connectivity index (χ0) is 14.0. The summed E-state index contributed by atoms with van der Waals surface area (Å²) < 4.78 is 5.71. The number of fused-ring (bicyclic) bond motifs is 1. The third kappa shape index (κ3) is 2.80. The number of para-hydroxylation sites is 1. The van der Waals surface area contributed by atoms with E-state index in [1.807, 2.05) is 23.9 Å². The zero-order valence-corrected chi connectivity index (χ0v) is 13.0. The van der Waals surface area contributed by atoms with Gasteiger partial charge in [0.1, 0.15) is 5.75 Å². The van der Waals surface area contributed by atoms with Crippen molar-refractivity contribution in [2.45, 2.75) is 44.7 Å². The summed E-state index contributed by atoms with van der Waals surface area (Å²) in [4.78, 5) is 4.97. The SMILES string of the molecule is CCC1(C)CCSC(=NC2CCOc3ccccc32)N1. The van der Waals surface area contributed by atoms with Crippen LogP contribution in [-0.4, -0.2) is 23.1 Å². The van der Waals surface area contributed by atoms with Crippen molar-refractivity contribution in [3.05, 3.63) is 29.8 Å². The minimum absolute atomic E-state index is 0.203. The van der Waals surface area contributed by atoms with Crippen molar-refractivity contribution in [1.82, 2.24) is 5.32 Å². The van der Waals surface area contributed by atoms with Gasteiger partial charge in [-0.15, -0.1) is 0 Å². The minimum Gasteiger partial charge on any atom is -0.493 e. The van der Waals surface area contributed by atoms with Crippen LogP contribution in [-0.2, 0) is 0 Å². The average Bonchev–Trinajstić information content (AvgIpc) is 2.48. The standard InChI is InChI=1S/C16H22N2OS/c1-3-16(2)9-11-20-15(18-16)17-13-8-10-19-14-7-5-4-6-12(13)14/h4-7,13H,3,8-11H2,1-2H3,(H,17,18). The van der Waals surface area contributed by atoms with Gasteiger partial charge in [-0.05, 0) is 25.8 Å². The Morgan fingerprint density at radius 1 is 1.45 bits per heavy atom. The number of hydrogen-bond acceptors (Lipinski definition) is 3. The maximum absolute atomic E-state index is 5.71. The lowest BCUT2D eigenvalue weighted by atomic mass is 9.96. The Labute approximate surface area is 125 Å². The van der Waals surface area contributed by atoms with E-state index in [4.69, 9.17) is 9.73 Å². The van der Waals surface area contributed by atoms with Gasteiger partial charge in [-0.2, -0.15) is 0 Å². The molecule has 1 N–H and O–H groups in total. The van der Waals surface area contributed by atoms with Crippen LogP contribution in [0.25, 0.3) is 0 Å². The number of nitrogens with one attached hydrogen (secondary N) is 1. The smallest absolute Gasteiger partial charge is 0.157 e. The maximum atomic E-state index is 5.71. The molecule has 4 heteroatoms. The number of thioether (sulfide) groups is 1. The normalized spacial score (nSPS) is 31.3. The van der Waals surface area contributed by atoms with E-state index >= 15 is 0 Å². The van der Waals surface area contributed by atoms with Crippen LogP contribution in [0.2, 0.25) is 0 Å². The molecule has 1 aromatic carbocycles. The molecule has 2 heterocycles. The first-order valence-electron chi connectivity index (χ1n) is 7.41. The Bertz CT molecular complexity index is 517. The average molecular weight is 290 g/mol. The Hall–Kier alpha value is -1.16. The highest BCUT2D eigenvalue weighted by Gasteiger charge is 2.29. The van der Waals surface area contributed by atoms with Crippen LogP contribution < -0.4 is 10.1 Å². The van der Waals surface area contributed by atoms with Gasteiger partial charge in [0.25, 0.3) is 0 Å². The van der Waals surface area contributed by atoms with Gasteiger partial charge >= 0.3 is 0 Å². The van der Waals surface area contributed by atoms with Gasteiger partial charge in [0, 0.05) is 23.3 Å². The summed E-state index contributed by atoms with van der Waals surface area (Å²) in [6, 6.07) is 8.50.